The molecule has 6 nitrogen and oxygen atoms in total. The summed E-state index contributed by atoms with van der Waals surface area (Å²) in [6.45, 7) is 2.29. The molecule has 2 aliphatic heterocycles. The van der Waals surface area contributed by atoms with E-state index in [1.54, 1.807) is 13.1 Å². The summed E-state index contributed by atoms with van der Waals surface area (Å²) in [5, 5.41) is 6.34. The van der Waals surface area contributed by atoms with E-state index in [2.05, 4.69) is 10.6 Å². The lowest BCUT2D eigenvalue weighted by atomic mass is 9.98. The van der Waals surface area contributed by atoms with Gasteiger partial charge in [0.25, 0.3) is 0 Å². The van der Waals surface area contributed by atoms with Crippen LogP contribution in [0.25, 0.3) is 0 Å². The van der Waals surface area contributed by atoms with Gasteiger partial charge in [0.15, 0.2) is 16.6 Å². The third-order valence-electron chi connectivity index (χ3n) is 3.19. The lowest BCUT2D eigenvalue weighted by Crippen LogP contribution is -2.42. The van der Waals surface area contributed by atoms with Crippen LogP contribution in [0.2, 0.25) is 0 Å². The topological polar surface area (TPSA) is 68.8 Å². The number of benzene rings is 1. The number of fused-ring (bicyclic) bond motifs is 1. The molecule has 0 saturated heterocycles. The number of carbonyl (C=O) groups is 1. The van der Waals surface area contributed by atoms with Crippen LogP contribution in [-0.4, -0.2) is 24.5 Å². The first-order valence-electron chi connectivity index (χ1n) is 6.53. The molecular formula is C14H14N2O4S. The second-order valence-electron chi connectivity index (χ2n) is 4.48. The van der Waals surface area contributed by atoms with Crippen molar-refractivity contribution in [3.63, 3.8) is 0 Å². The fraction of sp³-hybridized carbons (Fsp3) is 0.286. The number of carbonyl (C=O) groups excluding carboxylic acids is 1. The van der Waals surface area contributed by atoms with Gasteiger partial charge in [-0.2, -0.15) is 0 Å². The van der Waals surface area contributed by atoms with Crippen LogP contribution >= 0.6 is 12.2 Å². The van der Waals surface area contributed by atoms with Crippen LogP contribution < -0.4 is 20.1 Å². The van der Waals surface area contributed by atoms with Gasteiger partial charge in [-0.3, -0.25) is 0 Å². The van der Waals surface area contributed by atoms with Gasteiger partial charge < -0.3 is 24.8 Å². The number of nitrogens with one attached hydrogen (secondary N) is 2. The molecule has 0 bridgehead atoms. The van der Waals surface area contributed by atoms with Crippen molar-refractivity contribution in [1.29, 1.82) is 0 Å². The van der Waals surface area contributed by atoms with Crippen LogP contribution in [0.15, 0.2) is 30.0 Å². The van der Waals surface area contributed by atoms with Crippen LogP contribution in [0.1, 0.15) is 18.5 Å². The molecule has 0 radical (unpaired) electrons. The predicted octanol–water partition coefficient (Wildman–Crippen LogP) is 1.38. The Labute approximate surface area is 127 Å². The van der Waals surface area contributed by atoms with E-state index in [0.717, 1.165) is 5.56 Å². The zero-order chi connectivity index (χ0) is 14.8. The van der Waals surface area contributed by atoms with E-state index in [-0.39, 0.29) is 18.8 Å². The summed E-state index contributed by atoms with van der Waals surface area (Å²) in [4.78, 5) is 12.1. The van der Waals surface area contributed by atoms with Gasteiger partial charge in [-0.1, -0.05) is 6.07 Å². The molecule has 110 valence electrons. The molecule has 0 amide bonds. The Kier molecular flexibility index (Phi) is 3.66. The average Bonchev–Trinajstić information content (AvgIpc) is 2.94. The van der Waals surface area contributed by atoms with Crippen LogP contribution in [0.4, 0.5) is 0 Å². The number of hydrogen-bond donors (Lipinski definition) is 2. The highest BCUT2D eigenvalue weighted by Crippen LogP contribution is 2.36. The van der Waals surface area contributed by atoms with Crippen molar-refractivity contribution in [1.82, 2.24) is 10.6 Å². The highest BCUT2D eigenvalue weighted by Gasteiger charge is 2.29. The van der Waals surface area contributed by atoms with E-state index in [1.807, 2.05) is 18.2 Å². The molecule has 2 heterocycles. The highest BCUT2D eigenvalue weighted by atomic mass is 32.1. The average molecular weight is 306 g/mol. The Morgan fingerprint density at radius 1 is 1.43 bits per heavy atom. The second kappa shape index (κ2) is 5.61. The smallest absolute Gasteiger partial charge is 0.337 e. The molecule has 0 unspecified atom stereocenters. The molecule has 0 saturated carbocycles. The molecule has 7 heteroatoms. The Morgan fingerprint density at radius 3 is 3.05 bits per heavy atom. The largest absolute Gasteiger partial charge is 0.463 e. The SMILES string of the molecule is CCOC(=O)C1=CNC(=S)N[C@H]1c1ccc2c(c1)OCO2. The summed E-state index contributed by atoms with van der Waals surface area (Å²) in [5.74, 6) is 0.960. The standard InChI is InChI=1S/C14H14N2O4S/c1-2-18-13(17)9-6-15-14(21)16-12(9)8-3-4-10-11(5-8)20-7-19-10/h3-6,12H,2,7H2,1H3,(H2,15,16,21)/t12-/m0/s1. The number of ether oxygens (including phenoxy) is 3. The van der Waals surface area contributed by atoms with E-state index < -0.39 is 0 Å². The van der Waals surface area contributed by atoms with Gasteiger partial charge >= 0.3 is 5.97 Å². The van der Waals surface area contributed by atoms with Gasteiger partial charge in [-0.05, 0) is 36.8 Å². The molecule has 1 aromatic carbocycles. The maximum absolute atomic E-state index is 12.1. The second-order valence-corrected chi connectivity index (χ2v) is 4.89. The number of thiocarbonyl (C=S) groups is 1. The summed E-state index contributed by atoms with van der Waals surface area (Å²) >= 11 is 5.11. The van der Waals surface area contributed by atoms with E-state index in [0.29, 0.717) is 28.8 Å². The number of rotatable bonds is 3. The number of hydrogen-bond acceptors (Lipinski definition) is 5. The fourth-order valence-electron chi connectivity index (χ4n) is 2.22. The molecular weight excluding hydrogens is 292 g/mol. The van der Waals surface area contributed by atoms with Gasteiger partial charge in [0.05, 0.1) is 18.2 Å². The van der Waals surface area contributed by atoms with Crippen molar-refractivity contribution in [3.05, 3.63) is 35.5 Å². The van der Waals surface area contributed by atoms with E-state index >= 15 is 0 Å². The molecule has 0 aromatic heterocycles. The van der Waals surface area contributed by atoms with Gasteiger partial charge in [0, 0.05) is 6.20 Å². The van der Waals surface area contributed by atoms with E-state index in [1.165, 1.54) is 0 Å². The molecule has 2 aliphatic rings. The van der Waals surface area contributed by atoms with E-state index in [4.69, 9.17) is 26.4 Å². The minimum Gasteiger partial charge on any atom is -0.463 e. The third kappa shape index (κ3) is 2.64. The molecule has 0 spiro atoms. The van der Waals surface area contributed by atoms with Gasteiger partial charge in [-0.15, -0.1) is 0 Å². The molecule has 21 heavy (non-hydrogen) atoms. The zero-order valence-electron chi connectivity index (χ0n) is 11.3. The summed E-state index contributed by atoms with van der Waals surface area (Å²) in [7, 11) is 0. The Bertz CT molecular complexity index is 629. The van der Waals surface area contributed by atoms with Gasteiger partial charge in [0.2, 0.25) is 6.79 Å². The fourth-order valence-corrected chi connectivity index (χ4v) is 2.40. The van der Waals surface area contributed by atoms with Crippen molar-refractivity contribution in [2.45, 2.75) is 13.0 Å². The first-order valence-corrected chi connectivity index (χ1v) is 6.93. The molecule has 2 N–H and O–H groups in total. The minimum absolute atomic E-state index is 0.206. The van der Waals surface area contributed by atoms with Crippen LogP contribution in [-0.2, 0) is 9.53 Å². The quantitative estimate of drug-likeness (QED) is 0.646. The molecule has 3 rings (SSSR count). The summed E-state index contributed by atoms with van der Waals surface area (Å²) in [5.41, 5.74) is 1.31. The van der Waals surface area contributed by atoms with Crippen LogP contribution in [0.3, 0.4) is 0 Å². The molecule has 0 aliphatic carbocycles. The highest BCUT2D eigenvalue weighted by molar-refractivity contribution is 7.80. The maximum atomic E-state index is 12.1. The third-order valence-corrected chi connectivity index (χ3v) is 3.42. The van der Waals surface area contributed by atoms with Gasteiger partial charge in [0.1, 0.15) is 0 Å². The summed E-state index contributed by atoms with van der Waals surface area (Å²) in [6, 6.07) is 5.13. The Hall–Kier alpha value is -2.28. The lowest BCUT2D eigenvalue weighted by Gasteiger charge is -2.26. The van der Waals surface area contributed by atoms with Crippen molar-refractivity contribution in [2.75, 3.05) is 13.4 Å². The first kappa shape index (κ1) is 13.7. The Morgan fingerprint density at radius 2 is 2.24 bits per heavy atom. The Balaban J connectivity index is 1.93. The normalized spacial score (nSPS) is 19.4. The van der Waals surface area contributed by atoms with Crippen molar-refractivity contribution in [3.8, 4) is 11.5 Å². The maximum Gasteiger partial charge on any atom is 0.337 e. The van der Waals surface area contributed by atoms with Crippen molar-refractivity contribution < 1.29 is 19.0 Å². The van der Waals surface area contributed by atoms with Crippen molar-refractivity contribution in [2.24, 2.45) is 0 Å². The van der Waals surface area contributed by atoms with Gasteiger partial charge in [-0.25, -0.2) is 4.79 Å². The summed E-state index contributed by atoms with van der Waals surface area (Å²) in [6.07, 6.45) is 1.58. The molecule has 1 aromatic rings. The van der Waals surface area contributed by atoms with Crippen LogP contribution in [0, 0.1) is 0 Å². The summed E-state index contributed by atoms with van der Waals surface area (Å²) < 4.78 is 15.7. The zero-order valence-corrected chi connectivity index (χ0v) is 12.2. The predicted molar refractivity (Wildman–Crippen MR) is 78.9 cm³/mol. The first-order chi connectivity index (χ1) is 10.2. The lowest BCUT2D eigenvalue weighted by molar-refractivity contribution is -0.138. The molecule has 1 atom stereocenters. The van der Waals surface area contributed by atoms with Crippen molar-refractivity contribution >= 4 is 23.3 Å². The number of esters is 1. The monoisotopic (exact) mass is 306 g/mol. The molecule has 0 fully saturated rings. The van der Waals surface area contributed by atoms with E-state index in [9.17, 15) is 4.79 Å². The minimum atomic E-state index is -0.386. The van der Waals surface area contributed by atoms with Crippen LogP contribution in [0.5, 0.6) is 11.5 Å².